The largest absolute Gasteiger partial charge is 0.481 e. The summed E-state index contributed by atoms with van der Waals surface area (Å²) in [5.41, 5.74) is 6.73. The number of nitrogen functional groups attached to an aromatic ring is 1. The lowest BCUT2D eigenvalue weighted by Crippen LogP contribution is -2.31. The van der Waals surface area contributed by atoms with Crippen LogP contribution in [0.2, 0.25) is 0 Å². The van der Waals surface area contributed by atoms with E-state index in [4.69, 9.17) is 10.5 Å². The van der Waals surface area contributed by atoms with Crippen LogP contribution in [-0.4, -0.2) is 18.1 Å². The van der Waals surface area contributed by atoms with Gasteiger partial charge in [0.1, 0.15) is 0 Å². The molecule has 2 heterocycles. The molecule has 2 rings (SSSR count). The molecule has 4 nitrogen and oxygen atoms in total. The van der Waals surface area contributed by atoms with Crippen molar-refractivity contribution in [2.75, 3.05) is 17.7 Å². The third-order valence-corrected chi connectivity index (χ3v) is 3.75. The SMILES string of the molecule is COc1ccc(N)c(N(Cc2cccs2)C(C)C)n1. The van der Waals surface area contributed by atoms with Crippen LogP contribution < -0.4 is 15.4 Å². The maximum absolute atomic E-state index is 6.06. The molecule has 5 heteroatoms. The number of nitrogens with two attached hydrogens (primary N) is 1. The lowest BCUT2D eigenvalue weighted by molar-refractivity contribution is 0.397. The summed E-state index contributed by atoms with van der Waals surface area (Å²) in [6, 6.07) is 8.11. The molecule has 0 aliphatic carbocycles. The molecule has 0 radical (unpaired) electrons. The molecular weight excluding hydrogens is 258 g/mol. The molecule has 0 amide bonds. The highest BCUT2D eigenvalue weighted by Gasteiger charge is 2.16. The van der Waals surface area contributed by atoms with Crippen LogP contribution in [0.25, 0.3) is 0 Å². The van der Waals surface area contributed by atoms with Gasteiger partial charge < -0.3 is 15.4 Å². The standard InChI is InChI=1S/C14H19N3OS/c1-10(2)17(9-11-5-4-8-19-11)14-12(15)6-7-13(16-14)18-3/h4-8,10H,9,15H2,1-3H3. The molecule has 0 bridgehead atoms. The number of anilines is 2. The number of pyridine rings is 1. The van der Waals surface area contributed by atoms with Gasteiger partial charge in [0.15, 0.2) is 5.82 Å². The number of aromatic nitrogens is 1. The molecule has 0 aliphatic heterocycles. The van der Waals surface area contributed by atoms with E-state index in [0.717, 1.165) is 12.4 Å². The average Bonchev–Trinajstić information content (AvgIpc) is 2.89. The number of ether oxygens (including phenoxy) is 1. The van der Waals surface area contributed by atoms with E-state index < -0.39 is 0 Å². The van der Waals surface area contributed by atoms with Gasteiger partial charge in [-0.15, -0.1) is 11.3 Å². The molecule has 0 aliphatic rings. The minimum Gasteiger partial charge on any atom is -0.481 e. The zero-order valence-electron chi connectivity index (χ0n) is 11.5. The molecule has 0 atom stereocenters. The first-order valence-corrected chi connectivity index (χ1v) is 7.09. The van der Waals surface area contributed by atoms with Crippen molar-refractivity contribution in [3.63, 3.8) is 0 Å². The van der Waals surface area contributed by atoms with Crippen LogP contribution in [0, 0.1) is 0 Å². The predicted octanol–water partition coefficient (Wildman–Crippen LogP) is 3.15. The normalized spacial score (nSPS) is 10.7. The van der Waals surface area contributed by atoms with E-state index >= 15 is 0 Å². The van der Waals surface area contributed by atoms with Crippen molar-refractivity contribution in [2.45, 2.75) is 26.4 Å². The van der Waals surface area contributed by atoms with Crippen LogP contribution in [-0.2, 0) is 6.54 Å². The first kappa shape index (κ1) is 13.7. The molecule has 0 fully saturated rings. The van der Waals surface area contributed by atoms with Crippen LogP contribution in [0.5, 0.6) is 5.88 Å². The van der Waals surface area contributed by atoms with Gasteiger partial charge in [-0.2, -0.15) is 4.98 Å². The minimum atomic E-state index is 0.309. The highest BCUT2D eigenvalue weighted by atomic mass is 32.1. The maximum Gasteiger partial charge on any atom is 0.215 e. The van der Waals surface area contributed by atoms with Crippen molar-refractivity contribution < 1.29 is 4.74 Å². The van der Waals surface area contributed by atoms with Crippen molar-refractivity contribution in [3.8, 4) is 5.88 Å². The summed E-state index contributed by atoms with van der Waals surface area (Å²) in [7, 11) is 1.61. The quantitative estimate of drug-likeness (QED) is 0.912. The summed E-state index contributed by atoms with van der Waals surface area (Å²) in [6.07, 6.45) is 0. The monoisotopic (exact) mass is 277 g/mol. The van der Waals surface area contributed by atoms with E-state index in [1.54, 1.807) is 24.5 Å². The number of rotatable bonds is 5. The molecule has 19 heavy (non-hydrogen) atoms. The number of hydrogen-bond acceptors (Lipinski definition) is 5. The van der Waals surface area contributed by atoms with E-state index in [2.05, 4.69) is 41.2 Å². The fourth-order valence-corrected chi connectivity index (χ4v) is 2.56. The number of nitrogens with zero attached hydrogens (tertiary/aromatic N) is 2. The fourth-order valence-electron chi connectivity index (χ4n) is 1.86. The first-order chi connectivity index (χ1) is 9.11. The molecule has 2 aromatic rings. The Bertz CT molecular complexity index is 525. The Kier molecular flexibility index (Phi) is 4.27. The Hall–Kier alpha value is -1.75. The zero-order chi connectivity index (χ0) is 13.8. The summed E-state index contributed by atoms with van der Waals surface area (Å²) in [5, 5.41) is 2.08. The number of methoxy groups -OCH3 is 1. The minimum absolute atomic E-state index is 0.309. The van der Waals surface area contributed by atoms with E-state index in [9.17, 15) is 0 Å². The highest BCUT2D eigenvalue weighted by molar-refractivity contribution is 7.09. The van der Waals surface area contributed by atoms with E-state index in [1.807, 2.05) is 6.07 Å². The molecular formula is C14H19N3OS. The summed E-state index contributed by atoms with van der Waals surface area (Å²) < 4.78 is 5.18. The summed E-state index contributed by atoms with van der Waals surface area (Å²) in [5.74, 6) is 1.36. The van der Waals surface area contributed by atoms with Crippen LogP contribution in [0.15, 0.2) is 29.6 Å². The van der Waals surface area contributed by atoms with E-state index in [1.165, 1.54) is 4.88 Å². The topological polar surface area (TPSA) is 51.4 Å². The predicted molar refractivity (Wildman–Crippen MR) is 80.8 cm³/mol. The first-order valence-electron chi connectivity index (χ1n) is 6.21. The molecule has 2 N–H and O–H groups in total. The smallest absolute Gasteiger partial charge is 0.215 e. The zero-order valence-corrected chi connectivity index (χ0v) is 12.3. The van der Waals surface area contributed by atoms with Gasteiger partial charge in [-0.1, -0.05) is 6.07 Å². The summed E-state index contributed by atoms with van der Waals surface area (Å²) in [4.78, 5) is 7.95. The third kappa shape index (κ3) is 3.17. The van der Waals surface area contributed by atoms with Gasteiger partial charge in [0, 0.05) is 17.0 Å². The Morgan fingerprint density at radius 1 is 1.37 bits per heavy atom. The van der Waals surface area contributed by atoms with Gasteiger partial charge in [-0.25, -0.2) is 0 Å². The van der Waals surface area contributed by atoms with E-state index in [-0.39, 0.29) is 0 Å². The Labute approximate surface area is 117 Å². The lowest BCUT2D eigenvalue weighted by atomic mass is 10.2. The molecule has 0 saturated carbocycles. The van der Waals surface area contributed by atoms with Crippen molar-refractivity contribution in [2.24, 2.45) is 0 Å². The Balaban J connectivity index is 2.33. The second kappa shape index (κ2) is 5.93. The van der Waals surface area contributed by atoms with Crippen LogP contribution in [0.1, 0.15) is 18.7 Å². The van der Waals surface area contributed by atoms with Gasteiger partial charge in [0.05, 0.1) is 19.3 Å². The van der Waals surface area contributed by atoms with Crippen molar-refractivity contribution in [1.82, 2.24) is 4.98 Å². The molecule has 2 aromatic heterocycles. The summed E-state index contributed by atoms with van der Waals surface area (Å²) in [6.45, 7) is 5.07. The van der Waals surface area contributed by atoms with Crippen LogP contribution >= 0.6 is 11.3 Å². The van der Waals surface area contributed by atoms with Gasteiger partial charge in [0.25, 0.3) is 0 Å². The third-order valence-electron chi connectivity index (χ3n) is 2.89. The maximum atomic E-state index is 6.06. The fraction of sp³-hybridized carbons (Fsp3) is 0.357. The van der Waals surface area contributed by atoms with Gasteiger partial charge in [0.2, 0.25) is 5.88 Å². The van der Waals surface area contributed by atoms with Crippen molar-refractivity contribution >= 4 is 22.8 Å². The second-order valence-corrected chi connectivity index (χ2v) is 5.60. The molecule has 0 saturated heterocycles. The van der Waals surface area contributed by atoms with Crippen molar-refractivity contribution in [3.05, 3.63) is 34.5 Å². The second-order valence-electron chi connectivity index (χ2n) is 4.57. The number of thiophene rings is 1. The van der Waals surface area contributed by atoms with E-state index in [0.29, 0.717) is 17.6 Å². The number of hydrogen-bond donors (Lipinski definition) is 1. The van der Waals surface area contributed by atoms with Crippen LogP contribution in [0.4, 0.5) is 11.5 Å². The molecule has 102 valence electrons. The Morgan fingerprint density at radius 2 is 2.16 bits per heavy atom. The summed E-state index contributed by atoms with van der Waals surface area (Å²) >= 11 is 1.74. The van der Waals surface area contributed by atoms with Crippen molar-refractivity contribution in [1.29, 1.82) is 0 Å². The highest BCUT2D eigenvalue weighted by Crippen LogP contribution is 2.27. The molecule has 0 unspecified atom stereocenters. The van der Waals surface area contributed by atoms with Gasteiger partial charge >= 0.3 is 0 Å². The average molecular weight is 277 g/mol. The molecule has 0 aromatic carbocycles. The van der Waals surface area contributed by atoms with Crippen LogP contribution in [0.3, 0.4) is 0 Å². The lowest BCUT2D eigenvalue weighted by Gasteiger charge is -2.28. The van der Waals surface area contributed by atoms with Gasteiger partial charge in [-0.05, 0) is 31.4 Å². The van der Waals surface area contributed by atoms with Gasteiger partial charge in [-0.3, -0.25) is 0 Å². The molecule has 0 spiro atoms. The Morgan fingerprint density at radius 3 is 2.74 bits per heavy atom.